The molecule has 0 aliphatic heterocycles. The lowest BCUT2D eigenvalue weighted by molar-refractivity contribution is -0.134. The number of carbonyl (C=O) groups is 1. The molecule has 122 valence electrons. The average molecular weight is 295 g/mol. The van der Waals surface area contributed by atoms with Crippen LogP contribution in [-0.2, 0) is 4.79 Å². The summed E-state index contributed by atoms with van der Waals surface area (Å²) in [5, 5.41) is 3.46. The molecule has 0 spiro atoms. The fourth-order valence-corrected chi connectivity index (χ4v) is 4.03. The summed E-state index contributed by atoms with van der Waals surface area (Å²) in [6.45, 7) is 0.874. The summed E-state index contributed by atoms with van der Waals surface area (Å²) in [4.78, 5) is 17.0. The van der Waals surface area contributed by atoms with Gasteiger partial charge in [0.2, 0.25) is 5.91 Å². The molecule has 0 aromatic rings. The number of hydrogen-bond acceptors (Lipinski definition) is 3. The first-order chi connectivity index (χ1) is 9.93. The molecule has 2 fully saturated rings. The fraction of sp³-hybridized carbons (Fsp3) is 0.941. The van der Waals surface area contributed by atoms with E-state index in [1.807, 2.05) is 19.0 Å². The van der Waals surface area contributed by atoms with E-state index in [2.05, 4.69) is 24.3 Å². The van der Waals surface area contributed by atoms with E-state index in [9.17, 15) is 4.79 Å². The molecule has 1 N–H and O–H groups in total. The van der Waals surface area contributed by atoms with Gasteiger partial charge in [0.15, 0.2) is 0 Å². The number of carbonyl (C=O) groups excluding carboxylic acids is 1. The molecule has 0 heterocycles. The highest BCUT2D eigenvalue weighted by molar-refractivity contribution is 5.77. The smallest absolute Gasteiger partial charge is 0.224 e. The van der Waals surface area contributed by atoms with E-state index in [0.717, 1.165) is 19.4 Å². The zero-order valence-electron chi connectivity index (χ0n) is 14.4. The zero-order chi connectivity index (χ0) is 15.5. The van der Waals surface area contributed by atoms with Gasteiger partial charge in [0.25, 0.3) is 0 Å². The fourth-order valence-electron chi connectivity index (χ4n) is 4.03. The van der Waals surface area contributed by atoms with Crippen LogP contribution in [0.1, 0.15) is 57.8 Å². The van der Waals surface area contributed by atoms with Crippen LogP contribution in [0.4, 0.5) is 0 Å². The minimum Gasteiger partial charge on any atom is -0.344 e. The summed E-state index contributed by atoms with van der Waals surface area (Å²) < 4.78 is 0. The van der Waals surface area contributed by atoms with Crippen LogP contribution >= 0.6 is 0 Å². The topological polar surface area (TPSA) is 35.6 Å². The van der Waals surface area contributed by atoms with Gasteiger partial charge < -0.3 is 15.1 Å². The number of rotatable bonds is 6. The maximum Gasteiger partial charge on any atom is 0.224 e. The van der Waals surface area contributed by atoms with E-state index < -0.39 is 0 Å². The second-order valence-electron chi connectivity index (χ2n) is 7.49. The first-order valence-corrected chi connectivity index (χ1v) is 8.53. The molecule has 2 aliphatic rings. The Balaban J connectivity index is 1.92. The van der Waals surface area contributed by atoms with Gasteiger partial charge in [0.1, 0.15) is 0 Å². The highest BCUT2D eigenvalue weighted by Crippen LogP contribution is 2.37. The zero-order valence-corrected chi connectivity index (χ0v) is 14.4. The van der Waals surface area contributed by atoms with Crippen molar-refractivity contribution in [3.05, 3.63) is 0 Å². The number of nitrogens with zero attached hydrogens (tertiary/aromatic N) is 2. The molecular weight excluding hydrogens is 262 g/mol. The molecule has 0 bridgehead atoms. The standard InChI is InChI=1S/C17H33N3O/c1-18-16(9-6-5-7-10-16)13-15(21)20(4)14-17(19(2)3)11-8-12-17/h18H,5-14H2,1-4H3. The van der Waals surface area contributed by atoms with Crippen LogP contribution in [0, 0.1) is 0 Å². The Hall–Kier alpha value is -0.610. The Labute approximate surface area is 130 Å². The van der Waals surface area contributed by atoms with Crippen molar-refractivity contribution in [3.63, 3.8) is 0 Å². The summed E-state index contributed by atoms with van der Waals surface area (Å²) in [5.41, 5.74) is 0.276. The van der Waals surface area contributed by atoms with Crippen molar-refractivity contribution >= 4 is 5.91 Å². The lowest BCUT2D eigenvalue weighted by Gasteiger charge is -2.49. The largest absolute Gasteiger partial charge is 0.344 e. The van der Waals surface area contributed by atoms with Crippen molar-refractivity contribution in [2.45, 2.75) is 68.9 Å². The summed E-state index contributed by atoms with van der Waals surface area (Å²) in [5.74, 6) is 0.305. The molecule has 0 aromatic carbocycles. The van der Waals surface area contributed by atoms with E-state index in [-0.39, 0.29) is 11.1 Å². The highest BCUT2D eigenvalue weighted by Gasteiger charge is 2.41. The lowest BCUT2D eigenvalue weighted by atomic mass is 9.75. The molecule has 21 heavy (non-hydrogen) atoms. The van der Waals surface area contributed by atoms with Crippen molar-refractivity contribution in [2.75, 3.05) is 34.7 Å². The molecule has 0 aromatic heterocycles. The Bertz CT molecular complexity index is 357. The van der Waals surface area contributed by atoms with E-state index in [1.165, 1.54) is 38.5 Å². The quantitative estimate of drug-likeness (QED) is 0.816. The lowest BCUT2D eigenvalue weighted by Crippen LogP contribution is -2.58. The Kier molecular flexibility index (Phi) is 5.31. The monoisotopic (exact) mass is 295 g/mol. The van der Waals surface area contributed by atoms with Crippen LogP contribution in [0.15, 0.2) is 0 Å². The molecular formula is C17H33N3O. The SMILES string of the molecule is CNC1(CC(=O)N(C)CC2(N(C)C)CCC2)CCCCC1. The molecule has 2 saturated carbocycles. The van der Waals surface area contributed by atoms with Crippen LogP contribution in [0.5, 0.6) is 0 Å². The second-order valence-corrected chi connectivity index (χ2v) is 7.49. The van der Waals surface area contributed by atoms with E-state index >= 15 is 0 Å². The van der Waals surface area contributed by atoms with Gasteiger partial charge in [0, 0.05) is 31.1 Å². The number of nitrogens with one attached hydrogen (secondary N) is 1. The van der Waals surface area contributed by atoms with E-state index in [1.54, 1.807) is 0 Å². The maximum absolute atomic E-state index is 12.7. The second kappa shape index (κ2) is 6.66. The van der Waals surface area contributed by atoms with Crippen LogP contribution in [0.25, 0.3) is 0 Å². The van der Waals surface area contributed by atoms with Crippen molar-refractivity contribution in [2.24, 2.45) is 0 Å². The first-order valence-electron chi connectivity index (χ1n) is 8.53. The summed E-state index contributed by atoms with van der Waals surface area (Å²) in [6, 6.07) is 0. The molecule has 2 aliphatic carbocycles. The molecule has 2 rings (SSSR count). The number of likely N-dealkylation sites (N-methyl/N-ethyl adjacent to an activating group) is 2. The molecule has 4 nitrogen and oxygen atoms in total. The third-order valence-corrected chi connectivity index (χ3v) is 6.02. The molecule has 1 amide bonds. The van der Waals surface area contributed by atoms with Crippen molar-refractivity contribution in [1.82, 2.24) is 15.1 Å². The minimum atomic E-state index is 0.0501. The molecule has 0 unspecified atom stereocenters. The van der Waals surface area contributed by atoms with Crippen LogP contribution in [0.3, 0.4) is 0 Å². The van der Waals surface area contributed by atoms with Gasteiger partial charge in [-0.25, -0.2) is 0 Å². The van der Waals surface area contributed by atoms with Gasteiger partial charge in [-0.05, 0) is 53.2 Å². The molecule has 0 saturated heterocycles. The van der Waals surface area contributed by atoms with Gasteiger partial charge in [-0.2, -0.15) is 0 Å². The normalized spacial score (nSPS) is 23.7. The summed E-state index contributed by atoms with van der Waals surface area (Å²) in [6.07, 6.45) is 10.5. The third-order valence-electron chi connectivity index (χ3n) is 6.02. The summed E-state index contributed by atoms with van der Waals surface area (Å²) >= 11 is 0. The van der Waals surface area contributed by atoms with Crippen molar-refractivity contribution in [3.8, 4) is 0 Å². The minimum absolute atomic E-state index is 0.0501. The van der Waals surface area contributed by atoms with Crippen LogP contribution in [-0.4, -0.2) is 61.5 Å². The predicted molar refractivity (Wildman–Crippen MR) is 87.4 cm³/mol. The van der Waals surface area contributed by atoms with Gasteiger partial charge >= 0.3 is 0 Å². The van der Waals surface area contributed by atoms with E-state index in [0.29, 0.717) is 12.3 Å². The summed E-state index contributed by atoms with van der Waals surface area (Å²) in [7, 11) is 8.30. The molecule has 4 heteroatoms. The van der Waals surface area contributed by atoms with Crippen LogP contribution in [0.2, 0.25) is 0 Å². The number of amides is 1. The first kappa shape index (κ1) is 16.8. The highest BCUT2D eigenvalue weighted by atomic mass is 16.2. The Morgan fingerprint density at radius 2 is 1.62 bits per heavy atom. The maximum atomic E-state index is 12.7. The van der Waals surface area contributed by atoms with Gasteiger partial charge in [0.05, 0.1) is 0 Å². The molecule has 0 radical (unpaired) electrons. The van der Waals surface area contributed by atoms with Gasteiger partial charge in [-0.3, -0.25) is 4.79 Å². The van der Waals surface area contributed by atoms with Crippen LogP contribution < -0.4 is 5.32 Å². The van der Waals surface area contributed by atoms with Gasteiger partial charge in [-0.1, -0.05) is 19.3 Å². The average Bonchev–Trinajstić information content (AvgIpc) is 2.43. The van der Waals surface area contributed by atoms with Crippen molar-refractivity contribution < 1.29 is 4.79 Å². The third kappa shape index (κ3) is 3.59. The molecule has 0 atom stereocenters. The Morgan fingerprint density at radius 1 is 1.00 bits per heavy atom. The van der Waals surface area contributed by atoms with Crippen molar-refractivity contribution in [1.29, 1.82) is 0 Å². The Morgan fingerprint density at radius 3 is 2.05 bits per heavy atom. The predicted octanol–water partition coefficient (Wildman–Crippen LogP) is 2.24. The van der Waals surface area contributed by atoms with Gasteiger partial charge in [-0.15, -0.1) is 0 Å². The van der Waals surface area contributed by atoms with E-state index in [4.69, 9.17) is 0 Å². The number of hydrogen-bond donors (Lipinski definition) is 1.